The summed E-state index contributed by atoms with van der Waals surface area (Å²) in [5.41, 5.74) is 0.353. The highest BCUT2D eigenvalue weighted by atomic mass is 35.5. The molecule has 1 aromatic heterocycles. The second-order valence-corrected chi connectivity index (χ2v) is 9.05. The van der Waals surface area contributed by atoms with E-state index < -0.39 is 4.92 Å². The van der Waals surface area contributed by atoms with Crippen molar-refractivity contribution >= 4 is 57.6 Å². The normalized spacial score (nSPS) is 19.3. The summed E-state index contributed by atoms with van der Waals surface area (Å²) < 4.78 is 6.39. The summed E-state index contributed by atoms with van der Waals surface area (Å²) in [6.45, 7) is 0. The van der Waals surface area contributed by atoms with Crippen molar-refractivity contribution in [3.05, 3.63) is 56.1 Å². The highest BCUT2D eigenvalue weighted by Gasteiger charge is 2.37. The predicted molar refractivity (Wildman–Crippen MR) is 118 cm³/mol. The molecule has 0 atom stereocenters. The van der Waals surface area contributed by atoms with Gasteiger partial charge in [-0.1, -0.05) is 54.8 Å². The molecule has 2 fully saturated rings. The third-order valence-corrected chi connectivity index (χ3v) is 6.75. The number of nitro groups is 1. The van der Waals surface area contributed by atoms with Crippen LogP contribution < -0.4 is 0 Å². The van der Waals surface area contributed by atoms with Gasteiger partial charge >= 0.3 is 0 Å². The van der Waals surface area contributed by atoms with Crippen LogP contribution in [0.3, 0.4) is 0 Å². The van der Waals surface area contributed by atoms with E-state index >= 15 is 0 Å². The van der Waals surface area contributed by atoms with Gasteiger partial charge in [-0.25, -0.2) is 0 Å². The maximum Gasteiger partial charge on any atom is 0.270 e. The first-order chi connectivity index (χ1) is 13.9. The number of nitro benzene ring substituents is 1. The third kappa shape index (κ3) is 4.10. The molecule has 6 nitrogen and oxygen atoms in total. The maximum absolute atomic E-state index is 12.9. The van der Waals surface area contributed by atoms with Crippen molar-refractivity contribution in [3.63, 3.8) is 0 Å². The number of carbonyl (C=O) groups is 1. The number of benzene rings is 1. The average Bonchev–Trinajstić information content (AvgIpc) is 3.27. The molecular formula is C20H17ClN2O4S2. The molecule has 1 saturated heterocycles. The Hall–Kier alpha value is -2.16. The minimum absolute atomic E-state index is 0.0734. The Balaban J connectivity index is 1.58. The van der Waals surface area contributed by atoms with E-state index in [4.69, 9.17) is 28.2 Å². The number of thiocarbonyl (C=S) groups is 1. The lowest BCUT2D eigenvalue weighted by Crippen LogP contribution is -2.39. The van der Waals surface area contributed by atoms with Gasteiger partial charge in [-0.3, -0.25) is 19.8 Å². The number of hydrogen-bond donors (Lipinski definition) is 0. The Bertz CT molecular complexity index is 1030. The summed E-state index contributed by atoms with van der Waals surface area (Å²) in [4.78, 5) is 25.7. The Kier molecular flexibility index (Phi) is 5.76. The lowest BCUT2D eigenvalue weighted by atomic mass is 9.94. The fourth-order valence-electron chi connectivity index (χ4n) is 3.65. The van der Waals surface area contributed by atoms with Gasteiger partial charge in [0.2, 0.25) is 0 Å². The second kappa shape index (κ2) is 8.30. The van der Waals surface area contributed by atoms with E-state index in [0.29, 0.717) is 31.3 Å². The molecule has 2 aromatic rings. The van der Waals surface area contributed by atoms with Crippen LogP contribution >= 0.6 is 35.6 Å². The molecule has 2 heterocycles. The molecule has 2 aliphatic rings. The van der Waals surface area contributed by atoms with Crippen molar-refractivity contribution < 1.29 is 14.1 Å². The molecule has 1 aromatic carbocycles. The van der Waals surface area contributed by atoms with Crippen molar-refractivity contribution in [2.24, 2.45) is 0 Å². The third-order valence-electron chi connectivity index (χ3n) is 5.09. The predicted octanol–water partition coefficient (Wildman–Crippen LogP) is 6.04. The molecular weight excluding hydrogens is 432 g/mol. The monoisotopic (exact) mass is 448 g/mol. The molecule has 1 saturated carbocycles. The summed E-state index contributed by atoms with van der Waals surface area (Å²) in [5, 5.41) is 11.4. The van der Waals surface area contributed by atoms with Crippen molar-refractivity contribution in [1.82, 2.24) is 4.90 Å². The Morgan fingerprint density at radius 1 is 1.24 bits per heavy atom. The number of non-ortho nitro benzene ring substituents is 1. The highest BCUT2D eigenvalue weighted by Crippen LogP contribution is 2.38. The van der Waals surface area contributed by atoms with E-state index in [9.17, 15) is 14.9 Å². The van der Waals surface area contributed by atoms with Gasteiger partial charge in [-0.15, -0.1) is 0 Å². The number of halogens is 1. The van der Waals surface area contributed by atoms with Crippen LogP contribution in [0, 0.1) is 10.1 Å². The summed E-state index contributed by atoms with van der Waals surface area (Å²) in [5.74, 6) is 0.776. The van der Waals surface area contributed by atoms with Crippen LogP contribution in [-0.4, -0.2) is 26.1 Å². The zero-order valence-corrected chi connectivity index (χ0v) is 17.7. The lowest BCUT2D eigenvalue weighted by molar-refractivity contribution is -0.384. The molecule has 1 aliphatic heterocycles. The van der Waals surface area contributed by atoms with Crippen LogP contribution in [0.15, 0.2) is 39.7 Å². The number of rotatable bonds is 4. The fourth-order valence-corrected chi connectivity index (χ4v) is 5.25. The van der Waals surface area contributed by atoms with Crippen LogP contribution in [0.2, 0.25) is 5.02 Å². The van der Waals surface area contributed by atoms with E-state index in [1.54, 1.807) is 23.1 Å². The molecule has 1 aliphatic carbocycles. The molecule has 9 heteroatoms. The molecule has 150 valence electrons. The Labute approximate surface area is 182 Å². The van der Waals surface area contributed by atoms with Crippen molar-refractivity contribution in [2.75, 3.05) is 0 Å². The smallest absolute Gasteiger partial charge is 0.270 e. The lowest BCUT2D eigenvalue weighted by Gasteiger charge is -2.29. The van der Waals surface area contributed by atoms with Crippen LogP contribution in [0.4, 0.5) is 5.69 Å². The van der Waals surface area contributed by atoms with Crippen LogP contribution in [-0.2, 0) is 4.79 Å². The molecule has 0 spiro atoms. The first kappa shape index (κ1) is 20.1. The number of furan rings is 1. The number of hydrogen-bond acceptors (Lipinski definition) is 6. The standard InChI is InChI=1S/C20H17ClN2O4S2/c21-16-8-6-13(23(25)26)10-15(16)17-9-7-14(27-17)11-18-19(24)22(20(28)29-18)12-4-2-1-3-5-12/h6-12H,1-5H2/b18-11-. The number of amides is 1. The Morgan fingerprint density at radius 3 is 2.72 bits per heavy atom. The van der Waals surface area contributed by atoms with Gasteiger partial charge in [0.1, 0.15) is 15.8 Å². The van der Waals surface area contributed by atoms with E-state index in [1.165, 1.54) is 36.4 Å². The van der Waals surface area contributed by atoms with Gasteiger partial charge in [0.25, 0.3) is 11.6 Å². The molecule has 0 N–H and O–H groups in total. The van der Waals surface area contributed by atoms with Gasteiger partial charge in [0.15, 0.2) is 0 Å². The quantitative estimate of drug-likeness (QED) is 0.245. The first-order valence-electron chi connectivity index (χ1n) is 9.25. The molecule has 4 rings (SSSR count). The summed E-state index contributed by atoms with van der Waals surface area (Å²) in [7, 11) is 0. The van der Waals surface area contributed by atoms with E-state index in [-0.39, 0.29) is 17.6 Å². The highest BCUT2D eigenvalue weighted by molar-refractivity contribution is 8.26. The molecule has 0 bridgehead atoms. The van der Waals surface area contributed by atoms with Crippen molar-refractivity contribution in [3.8, 4) is 11.3 Å². The summed E-state index contributed by atoms with van der Waals surface area (Å²) in [6.07, 6.45) is 7.07. The topological polar surface area (TPSA) is 76.6 Å². The van der Waals surface area contributed by atoms with Gasteiger partial charge in [-0.05, 0) is 31.0 Å². The number of thioether (sulfide) groups is 1. The van der Waals surface area contributed by atoms with Crippen LogP contribution in [0.5, 0.6) is 0 Å². The summed E-state index contributed by atoms with van der Waals surface area (Å²) in [6, 6.07) is 7.74. The fraction of sp³-hybridized carbons (Fsp3) is 0.300. The Morgan fingerprint density at radius 2 is 2.00 bits per heavy atom. The zero-order chi connectivity index (χ0) is 20.5. The van der Waals surface area contributed by atoms with Gasteiger partial charge in [-0.2, -0.15) is 0 Å². The number of carbonyl (C=O) groups excluding carboxylic acids is 1. The molecule has 0 unspecified atom stereocenters. The van der Waals surface area contributed by atoms with Crippen LogP contribution in [0.25, 0.3) is 17.4 Å². The molecule has 1 amide bonds. The second-order valence-electron chi connectivity index (χ2n) is 6.97. The maximum atomic E-state index is 12.9. The molecule has 29 heavy (non-hydrogen) atoms. The minimum Gasteiger partial charge on any atom is -0.457 e. The average molecular weight is 449 g/mol. The van der Waals surface area contributed by atoms with Gasteiger partial charge < -0.3 is 4.42 Å². The van der Waals surface area contributed by atoms with Crippen molar-refractivity contribution in [2.45, 2.75) is 38.1 Å². The first-order valence-corrected chi connectivity index (χ1v) is 10.9. The van der Waals surface area contributed by atoms with Crippen molar-refractivity contribution in [1.29, 1.82) is 0 Å². The number of nitrogens with zero attached hydrogens (tertiary/aromatic N) is 2. The minimum atomic E-state index is -0.486. The van der Waals surface area contributed by atoms with E-state index in [2.05, 4.69) is 0 Å². The van der Waals surface area contributed by atoms with E-state index in [0.717, 1.165) is 25.7 Å². The summed E-state index contributed by atoms with van der Waals surface area (Å²) >= 11 is 12.9. The molecule has 0 radical (unpaired) electrons. The van der Waals surface area contributed by atoms with Gasteiger partial charge in [0, 0.05) is 29.8 Å². The zero-order valence-electron chi connectivity index (χ0n) is 15.3. The van der Waals surface area contributed by atoms with Gasteiger partial charge in [0.05, 0.1) is 14.9 Å². The SMILES string of the molecule is O=C1/C(=C/c2ccc(-c3cc([N+](=O)[O-])ccc3Cl)o2)SC(=S)N1C1CCCCC1. The largest absolute Gasteiger partial charge is 0.457 e. The van der Waals surface area contributed by atoms with Crippen LogP contribution in [0.1, 0.15) is 37.9 Å². The van der Waals surface area contributed by atoms with E-state index in [1.807, 2.05) is 0 Å².